The molecule has 0 radical (unpaired) electrons. The highest BCUT2D eigenvalue weighted by molar-refractivity contribution is 5.98. The molecule has 3 aliphatic rings. The Hall–Kier alpha value is -2.12. The number of hydrogen-bond donors (Lipinski definition) is 2. The maximum absolute atomic E-state index is 12.9. The number of anilines is 1. The van der Waals surface area contributed by atoms with Crippen LogP contribution in [0.3, 0.4) is 0 Å². The fourth-order valence-electron chi connectivity index (χ4n) is 4.55. The first-order chi connectivity index (χ1) is 12.5. The lowest BCUT2D eigenvalue weighted by Crippen LogP contribution is -2.62. The van der Waals surface area contributed by atoms with Gasteiger partial charge in [-0.05, 0) is 31.0 Å². The lowest BCUT2D eigenvalue weighted by molar-refractivity contribution is -0.199. The maximum Gasteiger partial charge on any atom is 0.321 e. The molecule has 26 heavy (non-hydrogen) atoms. The van der Waals surface area contributed by atoms with Crippen molar-refractivity contribution in [2.24, 2.45) is 5.41 Å². The van der Waals surface area contributed by atoms with E-state index in [4.69, 9.17) is 4.74 Å². The second-order valence-electron chi connectivity index (χ2n) is 7.44. The number of aliphatic hydroxyl groups excluding tert-OH is 1. The van der Waals surface area contributed by atoms with Crippen molar-refractivity contribution in [2.75, 3.05) is 38.2 Å². The molecule has 7 heteroatoms. The van der Waals surface area contributed by atoms with E-state index in [0.717, 1.165) is 18.5 Å². The van der Waals surface area contributed by atoms with Crippen LogP contribution in [0, 0.1) is 5.41 Å². The van der Waals surface area contributed by atoms with Gasteiger partial charge in [0, 0.05) is 56.4 Å². The Balaban J connectivity index is 1.45. The Morgan fingerprint density at radius 2 is 2.08 bits per heavy atom. The van der Waals surface area contributed by atoms with Crippen LogP contribution in [0.1, 0.15) is 29.6 Å². The van der Waals surface area contributed by atoms with E-state index >= 15 is 0 Å². The molecule has 4 rings (SSSR count). The fourth-order valence-corrected chi connectivity index (χ4v) is 4.55. The van der Waals surface area contributed by atoms with Gasteiger partial charge in [0.05, 0.1) is 12.2 Å². The number of methoxy groups -OCH3 is 1. The number of piperidine rings is 1. The molecule has 2 aliphatic heterocycles. The van der Waals surface area contributed by atoms with Crippen molar-refractivity contribution in [1.29, 1.82) is 0 Å². The Morgan fingerprint density at radius 3 is 2.69 bits per heavy atom. The zero-order valence-electron chi connectivity index (χ0n) is 15.0. The molecule has 1 aliphatic carbocycles. The SMILES string of the molecule is CO[C@H]1C[C@@H](O)C12CCN(C(=O)c1cccc(N3CCNC3=O)c1)CC2. The van der Waals surface area contributed by atoms with Gasteiger partial charge in [-0.2, -0.15) is 0 Å². The zero-order valence-corrected chi connectivity index (χ0v) is 15.0. The van der Waals surface area contributed by atoms with Gasteiger partial charge in [0.15, 0.2) is 0 Å². The van der Waals surface area contributed by atoms with Gasteiger partial charge in [0.1, 0.15) is 0 Å². The molecule has 2 N–H and O–H groups in total. The molecule has 2 saturated heterocycles. The van der Waals surface area contributed by atoms with Gasteiger partial charge >= 0.3 is 6.03 Å². The Morgan fingerprint density at radius 1 is 1.31 bits per heavy atom. The number of nitrogens with one attached hydrogen (secondary N) is 1. The van der Waals surface area contributed by atoms with Crippen LogP contribution in [0.25, 0.3) is 0 Å². The number of nitrogens with zero attached hydrogens (tertiary/aromatic N) is 2. The standard InChI is InChI=1S/C19H25N3O4/c1-26-16-12-15(23)19(16)5-8-21(9-6-19)17(24)13-3-2-4-14(11-13)22-10-7-20-18(22)25/h2-4,11,15-16,23H,5-10,12H2,1H3,(H,20,25)/t15-,16+/m1/s1. The molecule has 0 aromatic heterocycles. The summed E-state index contributed by atoms with van der Waals surface area (Å²) in [5.41, 5.74) is 1.14. The highest BCUT2D eigenvalue weighted by Crippen LogP contribution is 2.50. The average molecular weight is 359 g/mol. The summed E-state index contributed by atoms with van der Waals surface area (Å²) < 4.78 is 5.51. The Labute approximate surface area is 152 Å². The molecule has 3 amide bonds. The quantitative estimate of drug-likeness (QED) is 0.850. The summed E-state index contributed by atoms with van der Waals surface area (Å²) in [6.07, 6.45) is 1.96. The number of urea groups is 1. The van der Waals surface area contributed by atoms with Gasteiger partial charge in [0.25, 0.3) is 5.91 Å². The van der Waals surface area contributed by atoms with E-state index in [9.17, 15) is 14.7 Å². The number of ether oxygens (including phenoxy) is 1. The van der Waals surface area contributed by atoms with Crippen LogP contribution in [0.2, 0.25) is 0 Å². The summed E-state index contributed by atoms with van der Waals surface area (Å²) >= 11 is 0. The van der Waals surface area contributed by atoms with E-state index in [0.29, 0.717) is 38.2 Å². The van der Waals surface area contributed by atoms with Crippen LogP contribution in [0.5, 0.6) is 0 Å². The van der Waals surface area contributed by atoms with Crippen LogP contribution in [-0.4, -0.2) is 67.4 Å². The molecule has 0 unspecified atom stereocenters. The minimum absolute atomic E-state index is 0.0240. The predicted octanol–water partition coefficient (Wildman–Crippen LogP) is 1.22. The van der Waals surface area contributed by atoms with Crippen LogP contribution in [-0.2, 0) is 4.74 Å². The third-order valence-corrected chi connectivity index (χ3v) is 6.27. The fraction of sp³-hybridized carbons (Fsp3) is 0.579. The first-order valence-electron chi connectivity index (χ1n) is 9.21. The van der Waals surface area contributed by atoms with Crippen molar-refractivity contribution in [3.8, 4) is 0 Å². The normalized spacial score (nSPS) is 27.4. The third-order valence-electron chi connectivity index (χ3n) is 6.27. The number of rotatable bonds is 3. The second-order valence-corrected chi connectivity index (χ2v) is 7.44. The molecule has 7 nitrogen and oxygen atoms in total. The van der Waals surface area contributed by atoms with E-state index < -0.39 is 0 Å². The van der Waals surface area contributed by atoms with Crippen LogP contribution >= 0.6 is 0 Å². The molecule has 1 aromatic rings. The van der Waals surface area contributed by atoms with Gasteiger partial charge in [-0.1, -0.05) is 6.07 Å². The molecule has 140 valence electrons. The van der Waals surface area contributed by atoms with Gasteiger partial charge < -0.3 is 20.1 Å². The van der Waals surface area contributed by atoms with Crippen molar-refractivity contribution in [1.82, 2.24) is 10.2 Å². The lowest BCUT2D eigenvalue weighted by atomic mass is 9.58. The molecule has 1 spiro atoms. The van der Waals surface area contributed by atoms with E-state index in [-0.39, 0.29) is 29.6 Å². The number of likely N-dealkylation sites (tertiary alicyclic amines) is 1. The molecule has 2 heterocycles. The van der Waals surface area contributed by atoms with Crippen LogP contribution in [0.4, 0.5) is 10.5 Å². The minimum atomic E-state index is -0.332. The van der Waals surface area contributed by atoms with Crippen molar-refractivity contribution in [3.05, 3.63) is 29.8 Å². The van der Waals surface area contributed by atoms with E-state index in [1.165, 1.54) is 0 Å². The van der Waals surface area contributed by atoms with Gasteiger partial charge in [0.2, 0.25) is 0 Å². The topological polar surface area (TPSA) is 82.1 Å². The summed E-state index contributed by atoms with van der Waals surface area (Å²) in [6, 6.07) is 7.12. The lowest BCUT2D eigenvalue weighted by Gasteiger charge is -2.56. The van der Waals surface area contributed by atoms with Crippen molar-refractivity contribution >= 4 is 17.6 Å². The number of amides is 3. The smallest absolute Gasteiger partial charge is 0.321 e. The second kappa shape index (κ2) is 6.55. The number of hydrogen-bond acceptors (Lipinski definition) is 4. The molecule has 2 atom stereocenters. The van der Waals surface area contributed by atoms with Crippen LogP contribution in [0.15, 0.2) is 24.3 Å². The van der Waals surface area contributed by atoms with Crippen molar-refractivity contribution < 1.29 is 19.4 Å². The zero-order chi connectivity index (χ0) is 18.3. The molecular weight excluding hydrogens is 334 g/mol. The molecular formula is C19H25N3O4. The van der Waals surface area contributed by atoms with E-state index in [1.54, 1.807) is 24.1 Å². The first-order valence-corrected chi connectivity index (χ1v) is 9.21. The largest absolute Gasteiger partial charge is 0.392 e. The Kier molecular flexibility index (Phi) is 4.36. The number of benzene rings is 1. The highest BCUT2D eigenvalue weighted by atomic mass is 16.5. The monoisotopic (exact) mass is 359 g/mol. The summed E-state index contributed by atoms with van der Waals surface area (Å²) in [5, 5.41) is 13.0. The summed E-state index contributed by atoms with van der Waals surface area (Å²) in [7, 11) is 1.69. The number of aliphatic hydroxyl groups is 1. The van der Waals surface area contributed by atoms with Gasteiger partial charge in [-0.25, -0.2) is 4.79 Å². The molecule has 1 aromatic carbocycles. The number of carbonyl (C=O) groups is 2. The summed E-state index contributed by atoms with van der Waals surface area (Å²) in [6.45, 7) is 2.46. The Bertz CT molecular complexity index is 714. The molecule has 0 bridgehead atoms. The molecule has 3 fully saturated rings. The highest BCUT2D eigenvalue weighted by Gasteiger charge is 2.56. The summed E-state index contributed by atoms with van der Waals surface area (Å²) in [4.78, 5) is 28.2. The average Bonchev–Trinajstić information content (AvgIpc) is 3.11. The van der Waals surface area contributed by atoms with Crippen molar-refractivity contribution in [2.45, 2.75) is 31.5 Å². The summed E-state index contributed by atoms with van der Waals surface area (Å²) in [5.74, 6) is -0.0240. The third kappa shape index (κ3) is 2.66. The number of carbonyl (C=O) groups excluding carboxylic acids is 2. The van der Waals surface area contributed by atoms with Crippen LogP contribution < -0.4 is 10.2 Å². The first kappa shape index (κ1) is 17.3. The minimum Gasteiger partial charge on any atom is -0.392 e. The maximum atomic E-state index is 12.9. The van der Waals surface area contributed by atoms with E-state index in [2.05, 4.69) is 5.32 Å². The van der Waals surface area contributed by atoms with Crippen molar-refractivity contribution in [3.63, 3.8) is 0 Å². The van der Waals surface area contributed by atoms with Gasteiger partial charge in [-0.3, -0.25) is 9.69 Å². The van der Waals surface area contributed by atoms with E-state index in [1.807, 2.05) is 17.0 Å². The molecule has 1 saturated carbocycles. The predicted molar refractivity (Wildman–Crippen MR) is 96.2 cm³/mol. The van der Waals surface area contributed by atoms with Gasteiger partial charge in [-0.15, -0.1) is 0 Å².